The molecule has 104 valence electrons. The molecule has 0 spiro atoms. The number of aromatic nitrogens is 3. The Morgan fingerprint density at radius 1 is 1.37 bits per heavy atom. The van der Waals surface area contributed by atoms with Gasteiger partial charge in [0.15, 0.2) is 12.2 Å². The Bertz CT molecular complexity index is 548. The molecule has 0 aliphatic rings. The maximum atomic E-state index is 5.56. The Labute approximate surface area is 114 Å². The normalized spacial score (nSPS) is 12.1. The van der Waals surface area contributed by atoms with Crippen molar-refractivity contribution in [3.8, 4) is 11.5 Å². The molecule has 0 aliphatic carbocycles. The molecule has 0 aromatic carbocycles. The van der Waals surface area contributed by atoms with E-state index in [0.29, 0.717) is 6.54 Å². The summed E-state index contributed by atoms with van der Waals surface area (Å²) in [5, 5.41) is 7.87. The number of rotatable bonds is 4. The van der Waals surface area contributed by atoms with Crippen LogP contribution in [0, 0.1) is 6.92 Å². The smallest absolute Gasteiger partial charge is 0.181 e. The fraction of sp³-hybridized carbons (Fsp3) is 0.571. The zero-order valence-electron chi connectivity index (χ0n) is 12.3. The van der Waals surface area contributed by atoms with Crippen LogP contribution in [-0.2, 0) is 13.1 Å². The zero-order chi connectivity index (χ0) is 14.0. The summed E-state index contributed by atoms with van der Waals surface area (Å²) in [5.41, 5.74) is 2.95. The lowest BCUT2D eigenvalue weighted by molar-refractivity contribution is 0.421. The maximum absolute atomic E-state index is 5.56. The molecule has 0 fully saturated rings. The van der Waals surface area contributed by atoms with E-state index < -0.39 is 0 Å². The molecule has 2 aromatic rings. The molecule has 1 N–H and O–H groups in total. The van der Waals surface area contributed by atoms with Crippen LogP contribution in [0.3, 0.4) is 0 Å². The van der Waals surface area contributed by atoms with Gasteiger partial charge in [0.1, 0.15) is 11.4 Å². The molecule has 0 saturated carbocycles. The summed E-state index contributed by atoms with van der Waals surface area (Å²) in [5.74, 6) is 0.805. The van der Waals surface area contributed by atoms with E-state index in [1.807, 2.05) is 17.7 Å². The van der Waals surface area contributed by atoms with Crippen molar-refractivity contribution >= 4 is 0 Å². The van der Waals surface area contributed by atoms with E-state index in [2.05, 4.69) is 43.1 Å². The highest BCUT2D eigenvalue weighted by atomic mass is 16.3. The highest BCUT2D eigenvalue weighted by molar-refractivity contribution is 5.55. The van der Waals surface area contributed by atoms with Gasteiger partial charge in [0.05, 0.1) is 5.69 Å². The van der Waals surface area contributed by atoms with E-state index in [-0.39, 0.29) is 5.54 Å². The largest absolute Gasteiger partial charge is 0.442 e. The van der Waals surface area contributed by atoms with Gasteiger partial charge >= 0.3 is 0 Å². The lowest BCUT2D eigenvalue weighted by Gasteiger charge is -2.19. The predicted molar refractivity (Wildman–Crippen MR) is 74.7 cm³/mol. The third-order valence-electron chi connectivity index (χ3n) is 2.86. The molecule has 0 radical (unpaired) electrons. The zero-order valence-corrected chi connectivity index (χ0v) is 12.3. The van der Waals surface area contributed by atoms with Crippen molar-refractivity contribution in [1.29, 1.82) is 0 Å². The number of nitrogens with zero attached hydrogens (tertiary/aromatic N) is 3. The first kappa shape index (κ1) is 13.8. The van der Waals surface area contributed by atoms with Crippen LogP contribution in [0.5, 0.6) is 0 Å². The van der Waals surface area contributed by atoms with E-state index in [0.717, 1.165) is 29.4 Å². The first-order valence-electron chi connectivity index (χ1n) is 6.63. The number of nitrogens with one attached hydrogen (secondary N) is 1. The van der Waals surface area contributed by atoms with E-state index in [4.69, 9.17) is 4.42 Å². The van der Waals surface area contributed by atoms with Crippen molar-refractivity contribution in [2.75, 3.05) is 0 Å². The lowest BCUT2D eigenvalue weighted by atomic mass is 10.1. The van der Waals surface area contributed by atoms with Gasteiger partial charge in [0, 0.05) is 18.6 Å². The standard InChI is InChI=1S/C14H22N4O/c1-6-18-12(7-10(2)17-18)13-11(15-9-19-13)8-16-14(3,4)5/h7,9,16H,6,8H2,1-5H3. The number of hydrogen-bond acceptors (Lipinski definition) is 4. The van der Waals surface area contributed by atoms with Crippen LogP contribution >= 0.6 is 0 Å². The van der Waals surface area contributed by atoms with Gasteiger partial charge in [-0.15, -0.1) is 0 Å². The molecule has 5 nitrogen and oxygen atoms in total. The van der Waals surface area contributed by atoms with Gasteiger partial charge < -0.3 is 9.73 Å². The molecule has 0 unspecified atom stereocenters. The molecule has 2 heterocycles. The summed E-state index contributed by atoms with van der Waals surface area (Å²) in [6.07, 6.45) is 1.50. The number of hydrogen-bond donors (Lipinski definition) is 1. The molecule has 2 aromatic heterocycles. The summed E-state index contributed by atoms with van der Waals surface area (Å²) in [6.45, 7) is 11.9. The van der Waals surface area contributed by atoms with Crippen LogP contribution in [0.1, 0.15) is 39.1 Å². The molecule has 0 atom stereocenters. The maximum Gasteiger partial charge on any atom is 0.181 e. The molecule has 0 bridgehead atoms. The summed E-state index contributed by atoms with van der Waals surface area (Å²) >= 11 is 0. The second-order valence-corrected chi connectivity index (χ2v) is 5.72. The summed E-state index contributed by atoms with van der Waals surface area (Å²) < 4.78 is 7.50. The Morgan fingerprint density at radius 3 is 2.74 bits per heavy atom. The molecule has 5 heteroatoms. The minimum absolute atomic E-state index is 0.0527. The van der Waals surface area contributed by atoms with Gasteiger partial charge in [0.2, 0.25) is 0 Å². The Hall–Kier alpha value is -1.62. The van der Waals surface area contributed by atoms with Crippen molar-refractivity contribution < 1.29 is 4.42 Å². The minimum Gasteiger partial charge on any atom is -0.442 e. The highest BCUT2D eigenvalue weighted by Crippen LogP contribution is 2.24. The fourth-order valence-corrected chi connectivity index (χ4v) is 1.92. The van der Waals surface area contributed by atoms with Gasteiger partial charge in [-0.3, -0.25) is 4.68 Å². The molecule has 0 aliphatic heterocycles. The van der Waals surface area contributed by atoms with Crippen LogP contribution < -0.4 is 5.32 Å². The number of oxazole rings is 1. The Kier molecular flexibility index (Phi) is 3.75. The Morgan fingerprint density at radius 2 is 2.11 bits per heavy atom. The topological polar surface area (TPSA) is 55.9 Å². The van der Waals surface area contributed by atoms with Crippen LogP contribution in [0.15, 0.2) is 16.9 Å². The molecule has 19 heavy (non-hydrogen) atoms. The second-order valence-electron chi connectivity index (χ2n) is 5.72. The first-order chi connectivity index (χ1) is 8.90. The van der Waals surface area contributed by atoms with E-state index in [1.165, 1.54) is 6.39 Å². The van der Waals surface area contributed by atoms with Crippen LogP contribution in [-0.4, -0.2) is 20.3 Å². The van der Waals surface area contributed by atoms with E-state index >= 15 is 0 Å². The van der Waals surface area contributed by atoms with Crippen LogP contribution in [0.25, 0.3) is 11.5 Å². The fourth-order valence-electron chi connectivity index (χ4n) is 1.92. The van der Waals surface area contributed by atoms with E-state index in [1.54, 1.807) is 0 Å². The molecule has 0 saturated heterocycles. The SMILES string of the molecule is CCn1nc(C)cc1-c1ocnc1CNC(C)(C)C. The van der Waals surface area contributed by atoms with Crippen molar-refractivity contribution in [1.82, 2.24) is 20.1 Å². The third-order valence-corrected chi connectivity index (χ3v) is 2.86. The van der Waals surface area contributed by atoms with Crippen molar-refractivity contribution in [2.45, 2.75) is 53.2 Å². The van der Waals surface area contributed by atoms with Crippen LogP contribution in [0.2, 0.25) is 0 Å². The van der Waals surface area contributed by atoms with Gasteiger partial charge in [-0.1, -0.05) is 0 Å². The monoisotopic (exact) mass is 262 g/mol. The van der Waals surface area contributed by atoms with Gasteiger partial charge in [-0.2, -0.15) is 5.10 Å². The summed E-state index contributed by atoms with van der Waals surface area (Å²) in [4.78, 5) is 4.31. The van der Waals surface area contributed by atoms with Gasteiger partial charge in [-0.05, 0) is 40.7 Å². The van der Waals surface area contributed by atoms with Crippen molar-refractivity contribution in [2.24, 2.45) is 0 Å². The van der Waals surface area contributed by atoms with Crippen LogP contribution in [0.4, 0.5) is 0 Å². The van der Waals surface area contributed by atoms with E-state index in [9.17, 15) is 0 Å². The highest BCUT2D eigenvalue weighted by Gasteiger charge is 2.18. The summed E-state index contributed by atoms with van der Waals surface area (Å²) in [7, 11) is 0. The molecule has 2 rings (SSSR count). The third kappa shape index (κ3) is 3.23. The second kappa shape index (κ2) is 5.17. The first-order valence-corrected chi connectivity index (χ1v) is 6.63. The van der Waals surface area contributed by atoms with Gasteiger partial charge in [-0.25, -0.2) is 4.98 Å². The van der Waals surface area contributed by atoms with Crippen molar-refractivity contribution in [3.05, 3.63) is 23.8 Å². The summed E-state index contributed by atoms with van der Waals surface area (Å²) in [6, 6.07) is 2.03. The Balaban J connectivity index is 2.28. The molecular weight excluding hydrogens is 240 g/mol. The van der Waals surface area contributed by atoms with Crippen molar-refractivity contribution in [3.63, 3.8) is 0 Å². The lowest BCUT2D eigenvalue weighted by Crippen LogP contribution is -2.35. The predicted octanol–water partition coefficient (Wildman–Crippen LogP) is 2.75. The number of aryl methyl sites for hydroxylation is 2. The van der Waals surface area contributed by atoms with Gasteiger partial charge in [0.25, 0.3) is 0 Å². The average molecular weight is 262 g/mol. The quantitative estimate of drug-likeness (QED) is 0.920. The molecule has 0 amide bonds. The molecular formula is C14H22N4O. The average Bonchev–Trinajstić information content (AvgIpc) is 2.90. The minimum atomic E-state index is 0.0527.